The molecule has 1 aromatic heterocycles. The number of hydrogen-bond donors (Lipinski definition) is 0. The lowest BCUT2D eigenvalue weighted by molar-refractivity contribution is -0.733. The predicted molar refractivity (Wildman–Crippen MR) is 69.2 cm³/mol. The molecule has 16 heavy (non-hydrogen) atoms. The average Bonchev–Trinajstić information content (AvgIpc) is 2.29. The predicted octanol–water partition coefficient (Wildman–Crippen LogP) is 3.46. The summed E-state index contributed by atoms with van der Waals surface area (Å²) in [7, 11) is 0. The summed E-state index contributed by atoms with van der Waals surface area (Å²) in [5, 5.41) is 0. The Morgan fingerprint density at radius 1 is 1.31 bits per heavy atom. The smallest absolute Gasteiger partial charge is 0.252 e. The molecule has 0 aromatic carbocycles. The molecule has 3 heteroatoms. The third-order valence-electron chi connectivity index (χ3n) is 2.57. The van der Waals surface area contributed by atoms with Crippen molar-refractivity contribution in [2.24, 2.45) is 0 Å². The van der Waals surface area contributed by atoms with Crippen LogP contribution in [0.15, 0.2) is 22.9 Å². The van der Waals surface area contributed by atoms with Crippen molar-refractivity contribution in [3.63, 3.8) is 0 Å². The van der Waals surface area contributed by atoms with Gasteiger partial charge in [0.2, 0.25) is 0 Å². The molecule has 0 spiro atoms. The monoisotopic (exact) mass is 286 g/mol. The van der Waals surface area contributed by atoms with Gasteiger partial charge in [-0.1, -0.05) is 26.7 Å². The highest BCUT2D eigenvalue weighted by atomic mass is 79.9. The molecule has 2 nitrogen and oxygen atoms in total. The van der Waals surface area contributed by atoms with E-state index in [1.54, 1.807) is 0 Å². The summed E-state index contributed by atoms with van der Waals surface area (Å²) in [4.78, 5) is 0. The van der Waals surface area contributed by atoms with Crippen LogP contribution < -0.4 is 4.57 Å². The van der Waals surface area contributed by atoms with Gasteiger partial charge in [-0.2, -0.15) is 4.57 Å². The highest BCUT2D eigenvalue weighted by molar-refractivity contribution is 9.10. The Morgan fingerprint density at radius 3 is 2.75 bits per heavy atom. The van der Waals surface area contributed by atoms with Crippen LogP contribution >= 0.6 is 15.9 Å². The number of rotatable bonds is 7. The lowest BCUT2D eigenvalue weighted by Gasteiger charge is -2.02. The van der Waals surface area contributed by atoms with E-state index in [0.29, 0.717) is 6.73 Å². The molecule has 0 amide bonds. The molecule has 0 N–H and O–H groups in total. The molecule has 0 aliphatic heterocycles. The lowest BCUT2D eigenvalue weighted by Crippen LogP contribution is -2.34. The first-order chi connectivity index (χ1) is 7.77. The summed E-state index contributed by atoms with van der Waals surface area (Å²) >= 11 is 3.56. The fourth-order valence-electron chi connectivity index (χ4n) is 1.53. The zero-order chi connectivity index (χ0) is 11.8. The zero-order valence-corrected chi connectivity index (χ0v) is 11.8. The molecule has 0 saturated heterocycles. The number of halogens is 1. The maximum Gasteiger partial charge on any atom is 0.252 e. The minimum Gasteiger partial charge on any atom is -0.323 e. The molecule has 0 aliphatic carbocycles. The van der Waals surface area contributed by atoms with Crippen LogP contribution in [0.25, 0.3) is 0 Å². The second-order valence-electron chi connectivity index (χ2n) is 3.93. The van der Waals surface area contributed by atoms with E-state index in [0.717, 1.165) is 23.9 Å². The van der Waals surface area contributed by atoms with E-state index in [4.69, 9.17) is 4.74 Å². The van der Waals surface area contributed by atoms with E-state index in [9.17, 15) is 0 Å². The summed E-state index contributed by atoms with van der Waals surface area (Å²) in [5.74, 6) is 0. The van der Waals surface area contributed by atoms with Crippen LogP contribution in [0.3, 0.4) is 0 Å². The Bertz CT molecular complexity index is 315. The summed E-state index contributed by atoms with van der Waals surface area (Å²) in [6.07, 6.45) is 8.86. The Kier molecular flexibility index (Phi) is 6.65. The van der Waals surface area contributed by atoms with Gasteiger partial charge in [0.1, 0.15) is 0 Å². The normalized spacial score (nSPS) is 10.7. The minimum absolute atomic E-state index is 0.645. The van der Waals surface area contributed by atoms with Crippen molar-refractivity contribution in [1.29, 1.82) is 0 Å². The first kappa shape index (κ1) is 13.7. The van der Waals surface area contributed by atoms with E-state index in [1.807, 2.05) is 0 Å². The first-order valence-electron chi connectivity index (χ1n) is 6.03. The molecule has 90 valence electrons. The molecule has 0 saturated carbocycles. The van der Waals surface area contributed by atoms with Gasteiger partial charge >= 0.3 is 0 Å². The number of pyridine rings is 1. The van der Waals surface area contributed by atoms with Crippen LogP contribution in [0.2, 0.25) is 0 Å². The van der Waals surface area contributed by atoms with Crippen LogP contribution in [0.4, 0.5) is 0 Å². The van der Waals surface area contributed by atoms with Crippen LogP contribution in [-0.2, 0) is 17.9 Å². The van der Waals surface area contributed by atoms with Crippen LogP contribution in [0.5, 0.6) is 0 Å². The molecular weight excluding hydrogens is 266 g/mol. The zero-order valence-electron chi connectivity index (χ0n) is 10.2. The third-order valence-corrected chi connectivity index (χ3v) is 3.28. The fourth-order valence-corrected chi connectivity index (χ4v) is 2.20. The van der Waals surface area contributed by atoms with Gasteiger partial charge in [-0.05, 0) is 34.3 Å². The Hall–Kier alpha value is -0.410. The number of aromatic nitrogens is 1. The molecule has 1 aromatic rings. The number of ether oxygens (including phenoxy) is 1. The third kappa shape index (κ3) is 4.62. The van der Waals surface area contributed by atoms with Crippen molar-refractivity contribution in [2.45, 2.75) is 46.3 Å². The summed E-state index contributed by atoms with van der Waals surface area (Å²) in [5.41, 5.74) is 1.34. The SMILES string of the molecule is CCCCCOC[n+]1ccc(CC)c(Br)c1. The molecule has 0 atom stereocenters. The molecule has 0 radical (unpaired) electrons. The Balaban J connectivity index is 2.34. The molecule has 0 unspecified atom stereocenters. The summed E-state index contributed by atoms with van der Waals surface area (Å²) in [6.45, 7) is 5.86. The van der Waals surface area contributed by atoms with Gasteiger partial charge in [0.15, 0.2) is 12.4 Å². The van der Waals surface area contributed by atoms with Crippen LogP contribution in [-0.4, -0.2) is 6.61 Å². The highest BCUT2D eigenvalue weighted by Crippen LogP contribution is 2.13. The maximum atomic E-state index is 5.59. The van der Waals surface area contributed by atoms with Gasteiger partial charge in [0.25, 0.3) is 6.73 Å². The topological polar surface area (TPSA) is 13.1 Å². The minimum atomic E-state index is 0.645. The quantitative estimate of drug-likeness (QED) is 0.553. The van der Waals surface area contributed by atoms with Gasteiger partial charge in [0.05, 0.1) is 11.1 Å². The fraction of sp³-hybridized carbons (Fsp3) is 0.615. The van der Waals surface area contributed by atoms with Crippen LogP contribution in [0, 0.1) is 0 Å². The van der Waals surface area contributed by atoms with Crippen molar-refractivity contribution in [3.8, 4) is 0 Å². The lowest BCUT2D eigenvalue weighted by atomic mass is 10.2. The van der Waals surface area contributed by atoms with Crippen molar-refractivity contribution in [2.75, 3.05) is 6.61 Å². The van der Waals surface area contributed by atoms with Gasteiger partial charge in [-0.15, -0.1) is 0 Å². The van der Waals surface area contributed by atoms with Crippen LogP contribution in [0.1, 0.15) is 38.7 Å². The van der Waals surface area contributed by atoms with E-state index < -0.39 is 0 Å². The standard InChI is InChI=1S/C13H21BrNO/c1-3-5-6-9-16-11-15-8-7-12(4-2)13(14)10-15/h7-8,10H,3-6,9,11H2,1-2H3/q+1. The number of hydrogen-bond acceptors (Lipinski definition) is 1. The molecule has 0 fully saturated rings. The van der Waals surface area contributed by atoms with Gasteiger partial charge in [0, 0.05) is 6.07 Å². The largest absolute Gasteiger partial charge is 0.323 e. The maximum absolute atomic E-state index is 5.59. The van der Waals surface area contributed by atoms with E-state index >= 15 is 0 Å². The summed E-state index contributed by atoms with van der Waals surface area (Å²) in [6, 6.07) is 2.14. The molecule has 1 heterocycles. The van der Waals surface area contributed by atoms with E-state index in [2.05, 4.69) is 52.8 Å². The second-order valence-corrected chi connectivity index (χ2v) is 4.78. The van der Waals surface area contributed by atoms with Gasteiger partial charge in [-0.3, -0.25) is 0 Å². The Labute approximate surface area is 107 Å². The average molecular weight is 287 g/mol. The van der Waals surface area contributed by atoms with Crippen molar-refractivity contribution in [1.82, 2.24) is 0 Å². The second kappa shape index (κ2) is 7.80. The van der Waals surface area contributed by atoms with Crippen molar-refractivity contribution in [3.05, 3.63) is 28.5 Å². The van der Waals surface area contributed by atoms with Crippen molar-refractivity contribution < 1.29 is 9.30 Å². The van der Waals surface area contributed by atoms with Gasteiger partial charge < -0.3 is 4.74 Å². The van der Waals surface area contributed by atoms with Crippen molar-refractivity contribution >= 4 is 15.9 Å². The van der Waals surface area contributed by atoms with Gasteiger partial charge in [-0.25, -0.2) is 0 Å². The highest BCUT2D eigenvalue weighted by Gasteiger charge is 2.05. The van der Waals surface area contributed by atoms with E-state index in [-0.39, 0.29) is 0 Å². The number of nitrogens with zero attached hydrogens (tertiary/aromatic N) is 1. The summed E-state index contributed by atoms with van der Waals surface area (Å²) < 4.78 is 8.82. The molecule has 1 rings (SSSR count). The molecular formula is C13H21BrNO+. The number of aryl methyl sites for hydroxylation is 1. The van der Waals surface area contributed by atoms with E-state index in [1.165, 1.54) is 18.4 Å². The Morgan fingerprint density at radius 2 is 2.12 bits per heavy atom. The molecule has 0 aliphatic rings. The first-order valence-corrected chi connectivity index (χ1v) is 6.82. The number of unbranched alkanes of at least 4 members (excludes halogenated alkanes) is 2. The molecule has 0 bridgehead atoms.